The van der Waals surface area contributed by atoms with Gasteiger partial charge in [-0.2, -0.15) is 0 Å². The van der Waals surface area contributed by atoms with E-state index in [9.17, 15) is 18.3 Å². The molecule has 0 spiro atoms. The zero-order valence-electron chi connectivity index (χ0n) is 14.5. The Balaban J connectivity index is 1.80. The molecule has 5 heteroatoms. The SMILES string of the molecule is CCCC1CCC(CC(O)C#Cc2ccc(OC(F)(F)F)cc2)CC1. The molecule has 1 fully saturated rings. The lowest BCUT2D eigenvalue weighted by atomic mass is 9.78. The van der Waals surface area contributed by atoms with Gasteiger partial charge in [-0.1, -0.05) is 57.3 Å². The summed E-state index contributed by atoms with van der Waals surface area (Å²) in [6.45, 7) is 2.22. The molecule has 1 N–H and O–H groups in total. The van der Waals surface area contributed by atoms with E-state index in [1.54, 1.807) is 0 Å². The first-order chi connectivity index (χ1) is 11.9. The van der Waals surface area contributed by atoms with E-state index in [1.807, 2.05) is 0 Å². The first kappa shape index (κ1) is 19.7. The maximum absolute atomic E-state index is 12.1. The van der Waals surface area contributed by atoms with Crippen molar-refractivity contribution in [3.63, 3.8) is 0 Å². The Morgan fingerprint density at radius 3 is 2.28 bits per heavy atom. The molecule has 1 aliphatic rings. The number of benzene rings is 1. The number of hydrogen-bond donors (Lipinski definition) is 1. The number of rotatable bonds is 5. The van der Waals surface area contributed by atoms with E-state index in [2.05, 4.69) is 23.5 Å². The lowest BCUT2D eigenvalue weighted by Gasteiger charge is -2.28. The van der Waals surface area contributed by atoms with Crippen molar-refractivity contribution < 1.29 is 23.0 Å². The average Bonchev–Trinajstić information content (AvgIpc) is 2.55. The van der Waals surface area contributed by atoms with Crippen LogP contribution in [0.25, 0.3) is 0 Å². The van der Waals surface area contributed by atoms with Crippen LogP contribution in [0.1, 0.15) is 57.4 Å². The van der Waals surface area contributed by atoms with E-state index < -0.39 is 12.5 Å². The van der Waals surface area contributed by atoms with Gasteiger partial charge in [0.1, 0.15) is 11.9 Å². The van der Waals surface area contributed by atoms with Crippen molar-refractivity contribution in [2.45, 2.75) is 64.3 Å². The van der Waals surface area contributed by atoms with E-state index in [-0.39, 0.29) is 5.75 Å². The zero-order chi connectivity index (χ0) is 18.3. The first-order valence-corrected chi connectivity index (χ1v) is 8.91. The van der Waals surface area contributed by atoms with Crippen LogP contribution in [0.3, 0.4) is 0 Å². The molecule has 1 aromatic rings. The van der Waals surface area contributed by atoms with Gasteiger partial charge in [0.2, 0.25) is 0 Å². The molecule has 2 rings (SSSR count). The van der Waals surface area contributed by atoms with Crippen LogP contribution in [-0.4, -0.2) is 17.6 Å². The molecule has 0 radical (unpaired) electrons. The lowest BCUT2D eigenvalue weighted by Crippen LogP contribution is -2.19. The smallest absolute Gasteiger partial charge is 0.406 e. The summed E-state index contributed by atoms with van der Waals surface area (Å²) in [5, 5.41) is 10.1. The van der Waals surface area contributed by atoms with E-state index in [0.717, 1.165) is 18.8 Å². The van der Waals surface area contributed by atoms with Crippen LogP contribution >= 0.6 is 0 Å². The standard InChI is InChI=1S/C20H25F3O2/c1-2-3-15-4-6-17(7-5-15)14-18(24)11-8-16-9-12-19(13-10-16)25-20(21,22)23/h9-10,12-13,15,17-18,24H,2-7,14H2,1H3. The fourth-order valence-electron chi connectivity index (χ4n) is 3.45. The highest BCUT2D eigenvalue weighted by atomic mass is 19.4. The summed E-state index contributed by atoms with van der Waals surface area (Å²) in [5.41, 5.74) is 0.556. The number of aliphatic hydroxyl groups excluding tert-OH is 1. The fraction of sp³-hybridized carbons (Fsp3) is 0.600. The van der Waals surface area contributed by atoms with Gasteiger partial charge in [0.25, 0.3) is 0 Å². The Kier molecular flexibility index (Phi) is 7.19. The summed E-state index contributed by atoms with van der Waals surface area (Å²) in [6, 6.07) is 5.35. The van der Waals surface area contributed by atoms with Crippen molar-refractivity contribution in [3.8, 4) is 17.6 Å². The van der Waals surface area contributed by atoms with Gasteiger partial charge in [-0.05, 0) is 42.5 Å². The molecular formula is C20H25F3O2. The molecule has 0 aliphatic heterocycles. The third-order valence-electron chi connectivity index (χ3n) is 4.69. The summed E-state index contributed by atoms with van der Waals surface area (Å²) < 4.78 is 40.1. The molecule has 0 aromatic heterocycles. The van der Waals surface area contributed by atoms with Crippen molar-refractivity contribution in [3.05, 3.63) is 29.8 Å². The zero-order valence-corrected chi connectivity index (χ0v) is 14.5. The van der Waals surface area contributed by atoms with Crippen LogP contribution in [0.15, 0.2) is 24.3 Å². The van der Waals surface area contributed by atoms with Crippen molar-refractivity contribution in [2.24, 2.45) is 11.8 Å². The molecule has 2 nitrogen and oxygen atoms in total. The summed E-state index contributed by atoms with van der Waals surface area (Å²) in [6.07, 6.45) is 2.57. The highest BCUT2D eigenvalue weighted by molar-refractivity contribution is 5.38. The summed E-state index contributed by atoms with van der Waals surface area (Å²) in [5.74, 6) is 6.68. The number of aliphatic hydroxyl groups is 1. The molecule has 1 aliphatic carbocycles. The molecule has 1 unspecified atom stereocenters. The van der Waals surface area contributed by atoms with Crippen molar-refractivity contribution in [1.82, 2.24) is 0 Å². The summed E-state index contributed by atoms with van der Waals surface area (Å²) >= 11 is 0. The Morgan fingerprint density at radius 1 is 1.12 bits per heavy atom. The topological polar surface area (TPSA) is 29.5 Å². The highest BCUT2D eigenvalue weighted by Crippen LogP contribution is 2.33. The maximum atomic E-state index is 12.1. The van der Waals surface area contributed by atoms with Gasteiger partial charge in [-0.15, -0.1) is 13.2 Å². The third-order valence-corrected chi connectivity index (χ3v) is 4.69. The predicted octanol–water partition coefficient (Wildman–Crippen LogP) is 5.29. The van der Waals surface area contributed by atoms with Gasteiger partial charge in [0.05, 0.1) is 0 Å². The Bertz CT molecular complexity index is 576. The molecule has 25 heavy (non-hydrogen) atoms. The van der Waals surface area contributed by atoms with Crippen molar-refractivity contribution in [1.29, 1.82) is 0 Å². The molecule has 1 atom stereocenters. The van der Waals surface area contributed by atoms with E-state index in [1.165, 1.54) is 49.9 Å². The van der Waals surface area contributed by atoms with Crippen molar-refractivity contribution in [2.75, 3.05) is 0 Å². The van der Waals surface area contributed by atoms with Crippen LogP contribution in [0.5, 0.6) is 5.75 Å². The second-order valence-corrected chi connectivity index (χ2v) is 6.77. The minimum absolute atomic E-state index is 0.276. The van der Waals surface area contributed by atoms with Crippen LogP contribution < -0.4 is 4.74 Å². The quantitative estimate of drug-likeness (QED) is 0.728. The normalized spacial score (nSPS) is 22.0. The van der Waals surface area contributed by atoms with E-state index in [4.69, 9.17) is 0 Å². The number of hydrogen-bond acceptors (Lipinski definition) is 2. The van der Waals surface area contributed by atoms with Crippen LogP contribution in [0.4, 0.5) is 13.2 Å². The largest absolute Gasteiger partial charge is 0.573 e. The van der Waals surface area contributed by atoms with Crippen LogP contribution in [0.2, 0.25) is 0 Å². The van der Waals surface area contributed by atoms with E-state index >= 15 is 0 Å². The summed E-state index contributed by atoms with van der Waals surface area (Å²) in [7, 11) is 0. The lowest BCUT2D eigenvalue weighted by molar-refractivity contribution is -0.274. The minimum Gasteiger partial charge on any atom is -0.406 e. The number of halogens is 3. The second kappa shape index (κ2) is 9.15. The Labute approximate surface area is 147 Å². The molecular weight excluding hydrogens is 329 g/mol. The predicted molar refractivity (Wildman–Crippen MR) is 91.0 cm³/mol. The highest BCUT2D eigenvalue weighted by Gasteiger charge is 2.30. The number of alkyl halides is 3. The molecule has 0 bridgehead atoms. The van der Waals surface area contributed by atoms with Gasteiger partial charge in [-0.25, -0.2) is 0 Å². The molecule has 0 heterocycles. The van der Waals surface area contributed by atoms with Crippen LogP contribution in [0, 0.1) is 23.7 Å². The molecule has 1 aromatic carbocycles. The molecule has 138 valence electrons. The van der Waals surface area contributed by atoms with Crippen LogP contribution in [-0.2, 0) is 0 Å². The maximum Gasteiger partial charge on any atom is 0.573 e. The second-order valence-electron chi connectivity index (χ2n) is 6.77. The minimum atomic E-state index is -4.69. The van der Waals surface area contributed by atoms with Gasteiger partial charge >= 0.3 is 6.36 Å². The monoisotopic (exact) mass is 354 g/mol. The average molecular weight is 354 g/mol. The fourth-order valence-corrected chi connectivity index (χ4v) is 3.45. The van der Waals surface area contributed by atoms with E-state index in [0.29, 0.717) is 17.9 Å². The molecule has 0 saturated heterocycles. The Morgan fingerprint density at radius 2 is 1.72 bits per heavy atom. The first-order valence-electron chi connectivity index (χ1n) is 8.91. The van der Waals surface area contributed by atoms with Gasteiger partial charge in [0.15, 0.2) is 0 Å². The molecule has 1 saturated carbocycles. The number of ether oxygens (including phenoxy) is 1. The molecule has 0 amide bonds. The van der Waals surface area contributed by atoms with Gasteiger partial charge < -0.3 is 9.84 Å². The Hall–Kier alpha value is -1.67. The third kappa shape index (κ3) is 7.39. The van der Waals surface area contributed by atoms with Gasteiger partial charge in [0, 0.05) is 5.56 Å². The summed E-state index contributed by atoms with van der Waals surface area (Å²) in [4.78, 5) is 0. The van der Waals surface area contributed by atoms with Crippen molar-refractivity contribution >= 4 is 0 Å². The van der Waals surface area contributed by atoms with Gasteiger partial charge in [-0.3, -0.25) is 0 Å².